The van der Waals surface area contributed by atoms with Gasteiger partial charge in [-0.25, -0.2) is 9.69 Å². The van der Waals surface area contributed by atoms with Crippen LogP contribution in [0.1, 0.15) is 6.42 Å². The van der Waals surface area contributed by atoms with E-state index in [1.807, 2.05) is 0 Å². The second-order valence-electron chi connectivity index (χ2n) is 4.35. The van der Waals surface area contributed by atoms with E-state index in [9.17, 15) is 9.59 Å². The molecule has 100 valence electrons. The van der Waals surface area contributed by atoms with Crippen LogP contribution in [0.15, 0.2) is 18.2 Å². The van der Waals surface area contributed by atoms with Crippen LogP contribution < -0.4 is 4.90 Å². The van der Waals surface area contributed by atoms with Gasteiger partial charge < -0.3 is 4.74 Å². The van der Waals surface area contributed by atoms with Gasteiger partial charge in [0.25, 0.3) is 5.91 Å². The molecule has 0 saturated carbocycles. The Hall–Kier alpha value is -1.30. The standard InChI is InChI=1S/C12H10Cl2N2O3/c13-7-4-8(14)6-9(5-7)16-10(17)11-15(12(16)18)2-1-3-19-11/h4-6,11H,1-3H2. The van der Waals surface area contributed by atoms with Gasteiger partial charge in [0.1, 0.15) is 0 Å². The Morgan fingerprint density at radius 3 is 2.47 bits per heavy atom. The number of carbonyl (C=O) groups is 2. The number of ether oxygens (including phenoxy) is 1. The number of carbonyl (C=O) groups excluding carboxylic acids is 2. The minimum Gasteiger partial charge on any atom is -0.349 e. The van der Waals surface area contributed by atoms with Crippen LogP contribution in [0.4, 0.5) is 10.5 Å². The fraction of sp³-hybridized carbons (Fsp3) is 0.333. The summed E-state index contributed by atoms with van der Waals surface area (Å²) in [5, 5.41) is 0.739. The number of anilines is 1. The molecular weight excluding hydrogens is 291 g/mol. The van der Waals surface area contributed by atoms with Crippen LogP contribution in [0.25, 0.3) is 0 Å². The Morgan fingerprint density at radius 1 is 1.16 bits per heavy atom. The summed E-state index contributed by atoms with van der Waals surface area (Å²) in [5.74, 6) is -0.400. The Morgan fingerprint density at radius 2 is 1.84 bits per heavy atom. The minimum absolute atomic E-state index is 0.366. The zero-order valence-electron chi connectivity index (χ0n) is 9.81. The van der Waals surface area contributed by atoms with Crippen LogP contribution in [0, 0.1) is 0 Å². The van der Waals surface area contributed by atoms with E-state index in [2.05, 4.69) is 0 Å². The van der Waals surface area contributed by atoms with E-state index in [1.165, 1.54) is 17.0 Å². The molecule has 0 aliphatic carbocycles. The fourth-order valence-electron chi connectivity index (χ4n) is 2.28. The Bertz CT molecular complexity index is 520. The molecule has 2 fully saturated rings. The third-order valence-corrected chi connectivity index (χ3v) is 3.51. The molecule has 2 heterocycles. The number of nitrogens with zero attached hydrogens (tertiary/aromatic N) is 2. The van der Waals surface area contributed by atoms with Crippen molar-refractivity contribution in [2.75, 3.05) is 18.1 Å². The second-order valence-corrected chi connectivity index (χ2v) is 5.23. The average molecular weight is 301 g/mol. The lowest BCUT2D eigenvalue weighted by Crippen LogP contribution is -2.42. The van der Waals surface area contributed by atoms with Gasteiger partial charge in [-0.05, 0) is 24.6 Å². The molecule has 0 N–H and O–H groups in total. The van der Waals surface area contributed by atoms with Gasteiger partial charge in [-0.2, -0.15) is 0 Å². The Kier molecular flexibility index (Phi) is 3.12. The highest BCUT2D eigenvalue weighted by Gasteiger charge is 2.48. The van der Waals surface area contributed by atoms with Crippen molar-refractivity contribution in [3.05, 3.63) is 28.2 Å². The predicted octanol–water partition coefficient (Wildman–Crippen LogP) is 2.51. The fourth-order valence-corrected chi connectivity index (χ4v) is 2.79. The van der Waals surface area contributed by atoms with Gasteiger partial charge in [0.2, 0.25) is 6.23 Å². The number of rotatable bonds is 1. The maximum Gasteiger partial charge on any atom is 0.333 e. The lowest BCUT2D eigenvalue weighted by molar-refractivity contribution is -0.138. The van der Waals surface area contributed by atoms with E-state index in [0.29, 0.717) is 28.9 Å². The zero-order chi connectivity index (χ0) is 13.6. The number of hydrogen-bond acceptors (Lipinski definition) is 3. The van der Waals surface area contributed by atoms with E-state index < -0.39 is 18.2 Å². The van der Waals surface area contributed by atoms with Crippen LogP contribution in [0.3, 0.4) is 0 Å². The molecule has 1 atom stereocenters. The summed E-state index contributed by atoms with van der Waals surface area (Å²) in [4.78, 5) is 26.9. The summed E-state index contributed by atoms with van der Waals surface area (Å²) in [7, 11) is 0. The number of halogens is 2. The molecule has 1 aromatic rings. The van der Waals surface area contributed by atoms with E-state index in [-0.39, 0.29) is 0 Å². The van der Waals surface area contributed by atoms with Crippen molar-refractivity contribution in [3.63, 3.8) is 0 Å². The van der Waals surface area contributed by atoms with Crippen LogP contribution in [0.2, 0.25) is 10.0 Å². The smallest absolute Gasteiger partial charge is 0.333 e. The number of benzene rings is 1. The lowest BCUT2D eigenvalue weighted by atomic mass is 10.3. The van der Waals surface area contributed by atoms with Gasteiger partial charge >= 0.3 is 6.03 Å². The van der Waals surface area contributed by atoms with Crippen molar-refractivity contribution in [1.29, 1.82) is 0 Å². The normalized spacial score (nSPS) is 22.9. The average Bonchev–Trinajstić information content (AvgIpc) is 2.61. The van der Waals surface area contributed by atoms with E-state index in [4.69, 9.17) is 27.9 Å². The quantitative estimate of drug-likeness (QED) is 0.749. The molecule has 0 bridgehead atoms. The number of amides is 3. The molecule has 0 aromatic heterocycles. The maximum atomic E-state index is 12.2. The molecular formula is C12H10Cl2N2O3. The van der Waals surface area contributed by atoms with Crippen molar-refractivity contribution in [2.24, 2.45) is 0 Å². The summed E-state index contributed by atoms with van der Waals surface area (Å²) in [6.45, 7) is 0.990. The third kappa shape index (κ3) is 2.08. The summed E-state index contributed by atoms with van der Waals surface area (Å²) >= 11 is 11.8. The first-order valence-corrected chi connectivity index (χ1v) is 6.56. The first kappa shape index (κ1) is 12.7. The van der Waals surface area contributed by atoms with Gasteiger partial charge in [0.05, 0.1) is 12.3 Å². The number of fused-ring (bicyclic) bond motifs is 1. The van der Waals surface area contributed by atoms with Crippen LogP contribution in [-0.2, 0) is 9.53 Å². The highest BCUT2D eigenvalue weighted by atomic mass is 35.5. The second kappa shape index (κ2) is 4.67. The van der Waals surface area contributed by atoms with Gasteiger partial charge in [0.15, 0.2) is 0 Å². The van der Waals surface area contributed by atoms with Gasteiger partial charge in [-0.15, -0.1) is 0 Å². The third-order valence-electron chi connectivity index (χ3n) is 3.08. The van der Waals surface area contributed by atoms with E-state index >= 15 is 0 Å². The monoisotopic (exact) mass is 300 g/mol. The topological polar surface area (TPSA) is 49.9 Å². The molecule has 2 aliphatic rings. The molecule has 1 aromatic carbocycles. The summed E-state index contributed by atoms with van der Waals surface area (Å²) in [6.07, 6.45) is -0.0985. The SMILES string of the molecule is O=C1C2OCCCN2C(=O)N1c1cc(Cl)cc(Cl)c1. The van der Waals surface area contributed by atoms with E-state index in [1.54, 1.807) is 6.07 Å². The highest BCUT2D eigenvalue weighted by molar-refractivity contribution is 6.35. The van der Waals surface area contributed by atoms with Crippen molar-refractivity contribution in [3.8, 4) is 0 Å². The van der Waals surface area contributed by atoms with E-state index in [0.717, 1.165) is 11.3 Å². The predicted molar refractivity (Wildman–Crippen MR) is 70.4 cm³/mol. The molecule has 5 nitrogen and oxygen atoms in total. The molecule has 1 unspecified atom stereocenters. The van der Waals surface area contributed by atoms with Crippen molar-refractivity contribution < 1.29 is 14.3 Å². The molecule has 0 radical (unpaired) electrons. The summed E-state index contributed by atoms with van der Waals surface area (Å²) in [6, 6.07) is 4.21. The van der Waals surface area contributed by atoms with Crippen LogP contribution >= 0.6 is 23.2 Å². The first-order chi connectivity index (χ1) is 9.08. The highest BCUT2D eigenvalue weighted by Crippen LogP contribution is 2.31. The van der Waals surface area contributed by atoms with Gasteiger partial charge in [-0.3, -0.25) is 9.69 Å². The molecule has 2 saturated heterocycles. The molecule has 2 aliphatic heterocycles. The Balaban J connectivity index is 2.00. The number of urea groups is 1. The molecule has 3 amide bonds. The Labute approximate surface area is 119 Å². The maximum absolute atomic E-state index is 12.2. The summed E-state index contributed by atoms with van der Waals surface area (Å²) in [5.41, 5.74) is 0.366. The summed E-state index contributed by atoms with van der Waals surface area (Å²) < 4.78 is 5.34. The minimum atomic E-state index is -0.820. The van der Waals surface area contributed by atoms with Gasteiger partial charge in [-0.1, -0.05) is 23.2 Å². The van der Waals surface area contributed by atoms with Crippen molar-refractivity contribution in [2.45, 2.75) is 12.6 Å². The number of hydrogen-bond donors (Lipinski definition) is 0. The number of imide groups is 1. The van der Waals surface area contributed by atoms with Crippen LogP contribution in [-0.4, -0.2) is 36.2 Å². The molecule has 0 spiro atoms. The molecule has 3 rings (SSSR count). The zero-order valence-corrected chi connectivity index (χ0v) is 11.3. The first-order valence-electron chi connectivity index (χ1n) is 5.80. The van der Waals surface area contributed by atoms with Crippen LogP contribution in [0.5, 0.6) is 0 Å². The van der Waals surface area contributed by atoms with Crippen molar-refractivity contribution >= 4 is 40.8 Å². The molecule has 19 heavy (non-hydrogen) atoms. The lowest BCUT2D eigenvalue weighted by Gasteiger charge is -2.26. The van der Waals surface area contributed by atoms with Crippen molar-refractivity contribution in [1.82, 2.24) is 4.90 Å². The largest absolute Gasteiger partial charge is 0.349 e. The molecule has 7 heteroatoms. The van der Waals surface area contributed by atoms with Gasteiger partial charge in [0, 0.05) is 16.6 Å².